The maximum absolute atomic E-state index is 12.5. The molecule has 3 N–H and O–H groups in total. The maximum atomic E-state index is 12.5. The van der Waals surface area contributed by atoms with Gasteiger partial charge >= 0.3 is 5.97 Å². The highest BCUT2D eigenvalue weighted by Gasteiger charge is 2.26. The van der Waals surface area contributed by atoms with Crippen molar-refractivity contribution < 1.29 is 19.1 Å². The van der Waals surface area contributed by atoms with Crippen LogP contribution in [0.1, 0.15) is 32.5 Å². The zero-order chi connectivity index (χ0) is 22.4. The molecule has 11 heteroatoms. The van der Waals surface area contributed by atoms with Gasteiger partial charge in [-0.05, 0) is 37.6 Å². The summed E-state index contributed by atoms with van der Waals surface area (Å²) < 4.78 is 6.83. The second kappa shape index (κ2) is 9.85. The number of nitrogens with one attached hydrogen (secondary N) is 3. The van der Waals surface area contributed by atoms with Gasteiger partial charge in [-0.3, -0.25) is 14.2 Å². The molecule has 3 rings (SSSR count). The summed E-state index contributed by atoms with van der Waals surface area (Å²) in [6, 6.07) is 7.39. The van der Waals surface area contributed by atoms with E-state index in [-0.39, 0.29) is 35.5 Å². The molecule has 0 aliphatic rings. The number of thiophene rings is 1. The Morgan fingerprint density at radius 3 is 2.61 bits per heavy atom. The smallest absolute Gasteiger partial charge is 0.341 e. The van der Waals surface area contributed by atoms with E-state index >= 15 is 0 Å². The van der Waals surface area contributed by atoms with Crippen molar-refractivity contribution in [2.24, 2.45) is 0 Å². The number of ether oxygens (including phenoxy) is 1. The van der Waals surface area contributed by atoms with Crippen molar-refractivity contribution in [1.82, 2.24) is 20.1 Å². The third-order valence-electron chi connectivity index (χ3n) is 4.33. The topological polar surface area (TPSA) is 127 Å². The van der Waals surface area contributed by atoms with Crippen molar-refractivity contribution in [2.75, 3.05) is 30.8 Å². The van der Waals surface area contributed by atoms with E-state index in [1.165, 1.54) is 7.05 Å². The number of carbonyl (C=O) groups is 3. The van der Waals surface area contributed by atoms with Gasteiger partial charge in [0.25, 0.3) is 5.91 Å². The average Bonchev–Trinajstić information content (AvgIpc) is 3.40. The molecule has 1 aromatic carbocycles. The number of anilines is 2. The Balaban J connectivity index is 1.73. The summed E-state index contributed by atoms with van der Waals surface area (Å²) in [6.07, 6.45) is 3.15. The zero-order valence-electron chi connectivity index (χ0n) is 17.3. The first-order chi connectivity index (χ1) is 14.9. The van der Waals surface area contributed by atoms with Gasteiger partial charge in [-0.15, -0.1) is 21.5 Å². The van der Waals surface area contributed by atoms with Crippen molar-refractivity contribution in [3.05, 3.63) is 52.9 Å². The van der Waals surface area contributed by atoms with Crippen molar-refractivity contribution in [2.45, 2.75) is 13.8 Å². The molecule has 0 aliphatic carbocycles. The lowest BCUT2D eigenvalue weighted by atomic mass is 10.1. The van der Waals surface area contributed by atoms with E-state index in [9.17, 15) is 14.4 Å². The molecule has 0 saturated carbocycles. The van der Waals surface area contributed by atoms with Gasteiger partial charge in [-0.2, -0.15) is 0 Å². The minimum Gasteiger partial charge on any atom is -0.462 e. The van der Waals surface area contributed by atoms with Crippen LogP contribution in [-0.2, 0) is 9.53 Å². The first-order valence-corrected chi connectivity index (χ1v) is 10.3. The van der Waals surface area contributed by atoms with Crippen molar-refractivity contribution in [3.8, 4) is 5.69 Å². The van der Waals surface area contributed by atoms with Crippen molar-refractivity contribution >= 4 is 39.8 Å². The molecule has 0 aliphatic heterocycles. The maximum Gasteiger partial charge on any atom is 0.341 e. The van der Waals surface area contributed by atoms with Crippen LogP contribution in [0.4, 0.5) is 10.7 Å². The molecule has 0 spiro atoms. The lowest BCUT2D eigenvalue weighted by molar-refractivity contribution is -0.114. The van der Waals surface area contributed by atoms with E-state index in [1.807, 2.05) is 24.3 Å². The second-order valence-corrected chi connectivity index (χ2v) is 7.40. The van der Waals surface area contributed by atoms with Gasteiger partial charge in [0.2, 0.25) is 5.91 Å². The molecule has 0 radical (unpaired) electrons. The predicted octanol–water partition coefficient (Wildman–Crippen LogP) is 2.22. The zero-order valence-corrected chi connectivity index (χ0v) is 18.1. The van der Waals surface area contributed by atoms with Crippen LogP contribution in [0.5, 0.6) is 0 Å². The first kappa shape index (κ1) is 22.0. The monoisotopic (exact) mass is 442 g/mol. The second-order valence-electron chi connectivity index (χ2n) is 6.38. The Labute approximate surface area is 182 Å². The van der Waals surface area contributed by atoms with Gasteiger partial charge in [0.1, 0.15) is 17.7 Å². The molecule has 31 heavy (non-hydrogen) atoms. The Morgan fingerprint density at radius 2 is 1.94 bits per heavy atom. The largest absolute Gasteiger partial charge is 0.462 e. The molecule has 3 aromatic rings. The molecule has 10 nitrogen and oxygen atoms in total. The van der Waals surface area contributed by atoms with Crippen LogP contribution in [0.25, 0.3) is 5.69 Å². The van der Waals surface area contributed by atoms with Crippen LogP contribution in [0.2, 0.25) is 0 Å². The number of aromatic nitrogens is 3. The minimum atomic E-state index is -0.587. The summed E-state index contributed by atoms with van der Waals surface area (Å²) in [5.74, 6) is -1.29. The lowest BCUT2D eigenvalue weighted by Gasteiger charge is -2.10. The fourth-order valence-electron chi connectivity index (χ4n) is 2.84. The number of amides is 2. The number of carbonyl (C=O) groups excluding carboxylic acids is 3. The molecule has 2 heterocycles. The van der Waals surface area contributed by atoms with Crippen LogP contribution in [0.3, 0.4) is 0 Å². The molecule has 0 atom stereocenters. The van der Waals surface area contributed by atoms with Crippen molar-refractivity contribution in [3.63, 3.8) is 0 Å². The molecular formula is C20H22N6O4S. The predicted molar refractivity (Wildman–Crippen MR) is 117 cm³/mol. The molecule has 0 fully saturated rings. The highest BCUT2D eigenvalue weighted by Crippen LogP contribution is 2.33. The SMILES string of the molecule is CCOC(=O)c1c(NC(=O)CNc2cccc(-n3cnnc3)c2)sc(C(=O)NC)c1C. The Bertz CT molecular complexity index is 1090. The summed E-state index contributed by atoms with van der Waals surface area (Å²) in [6.45, 7) is 3.48. The third kappa shape index (κ3) is 5.07. The van der Waals surface area contributed by atoms with Crippen LogP contribution < -0.4 is 16.0 Å². The molecule has 0 saturated heterocycles. The van der Waals surface area contributed by atoms with Crippen LogP contribution in [-0.4, -0.2) is 52.7 Å². The van der Waals surface area contributed by atoms with E-state index < -0.39 is 5.97 Å². The number of rotatable bonds is 8. The number of hydrogen-bond donors (Lipinski definition) is 3. The first-order valence-electron chi connectivity index (χ1n) is 9.46. The van der Waals surface area contributed by atoms with Gasteiger partial charge in [0.05, 0.1) is 29.3 Å². The number of nitrogens with zero attached hydrogens (tertiary/aromatic N) is 3. The number of benzene rings is 1. The van der Waals surface area contributed by atoms with Gasteiger partial charge in [0, 0.05) is 12.7 Å². The highest BCUT2D eigenvalue weighted by atomic mass is 32.1. The minimum absolute atomic E-state index is 0.0415. The fraction of sp³-hybridized carbons (Fsp3) is 0.250. The van der Waals surface area contributed by atoms with Crippen LogP contribution in [0.15, 0.2) is 36.9 Å². The fourth-order valence-corrected chi connectivity index (χ4v) is 4.00. The van der Waals surface area contributed by atoms with E-state index in [0.29, 0.717) is 10.4 Å². The van der Waals surface area contributed by atoms with Crippen LogP contribution in [0, 0.1) is 6.92 Å². The third-order valence-corrected chi connectivity index (χ3v) is 5.53. The Hall–Kier alpha value is -3.73. The lowest BCUT2D eigenvalue weighted by Crippen LogP contribution is -2.22. The summed E-state index contributed by atoms with van der Waals surface area (Å²) in [7, 11) is 1.50. The summed E-state index contributed by atoms with van der Waals surface area (Å²) in [5, 5.41) is 16.1. The quantitative estimate of drug-likeness (QED) is 0.457. The highest BCUT2D eigenvalue weighted by molar-refractivity contribution is 7.18. The standard InChI is InChI=1S/C20H22N6O4S/c1-4-30-20(29)16-12(2)17(18(28)21-3)31-19(16)25-15(27)9-22-13-6-5-7-14(8-13)26-10-23-24-11-26/h5-8,10-11,22H,4,9H2,1-3H3,(H,21,28)(H,25,27). The molecule has 2 aromatic heterocycles. The Morgan fingerprint density at radius 1 is 1.19 bits per heavy atom. The van der Waals surface area contributed by atoms with E-state index in [0.717, 1.165) is 22.7 Å². The normalized spacial score (nSPS) is 10.4. The van der Waals surface area contributed by atoms with Gasteiger partial charge in [-0.25, -0.2) is 4.79 Å². The molecular weight excluding hydrogens is 420 g/mol. The summed E-state index contributed by atoms with van der Waals surface area (Å²) in [5.41, 5.74) is 2.21. The summed E-state index contributed by atoms with van der Waals surface area (Å²) in [4.78, 5) is 37.4. The van der Waals surface area contributed by atoms with Gasteiger partial charge in [0.15, 0.2) is 0 Å². The van der Waals surface area contributed by atoms with E-state index in [4.69, 9.17) is 4.74 Å². The molecule has 0 unspecified atom stereocenters. The number of esters is 1. The molecule has 0 bridgehead atoms. The van der Waals surface area contributed by atoms with Gasteiger partial charge in [-0.1, -0.05) is 6.07 Å². The molecule has 162 valence electrons. The Kier molecular flexibility index (Phi) is 6.98. The van der Waals surface area contributed by atoms with Crippen LogP contribution >= 0.6 is 11.3 Å². The van der Waals surface area contributed by atoms with E-state index in [2.05, 4.69) is 26.1 Å². The van der Waals surface area contributed by atoms with Gasteiger partial charge < -0.3 is 20.7 Å². The number of hydrogen-bond acceptors (Lipinski definition) is 8. The average molecular weight is 443 g/mol. The van der Waals surface area contributed by atoms with E-state index in [1.54, 1.807) is 31.1 Å². The van der Waals surface area contributed by atoms with Crippen molar-refractivity contribution in [1.29, 1.82) is 0 Å². The summed E-state index contributed by atoms with van der Waals surface area (Å²) >= 11 is 1.03. The molecule has 2 amide bonds.